The van der Waals surface area contributed by atoms with E-state index in [1.807, 2.05) is 39.3 Å². The normalized spacial score (nSPS) is 12.2. The summed E-state index contributed by atoms with van der Waals surface area (Å²) in [6, 6.07) is 0. The third kappa shape index (κ3) is 7.64. The molecule has 0 amide bonds. The summed E-state index contributed by atoms with van der Waals surface area (Å²) < 4.78 is 16.4. The van der Waals surface area contributed by atoms with Gasteiger partial charge in [0.05, 0.1) is 6.61 Å². The van der Waals surface area contributed by atoms with Gasteiger partial charge in [0.15, 0.2) is 5.70 Å². The van der Waals surface area contributed by atoms with Crippen LogP contribution in [0.2, 0.25) is 39.3 Å². The molecule has 0 atom stereocenters. The monoisotopic (exact) mass is 291 g/mol. The highest BCUT2D eigenvalue weighted by Gasteiger charge is 2.30. The molecular formula is C11H25NO4Si2. The van der Waals surface area contributed by atoms with Gasteiger partial charge in [-0.2, -0.15) is 0 Å². The van der Waals surface area contributed by atoms with E-state index in [0.717, 1.165) is 5.23 Å². The lowest BCUT2D eigenvalue weighted by Crippen LogP contribution is -2.44. The maximum atomic E-state index is 11.7. The molecule has 18 heavy (non-hydrogen) atoms. The van der Waals surface area contributed by atoms with Gasteiger partial charge in [-0.15, -0.1) is 5.23 Å². The van der Waals surface area contributed by atoms with E-state index in [2.05, 4.69) is 6.58 Å². The molecule has 0 aromatic carbocycles. The fourth-order valence-electron chi connectivity index (χ4n) is 0.915. The van der Waals surface area contributed by atoms with Crippen LogP contribution in [0, 0.1) is 0 Å². The molecule has 0 aliphatic rings. The highest BCUT2D eigenvalue weighted by atomic mass is 28.4. The molecule has 7 heteroatoms. The maximum absolute atomic E-state index is 11.7. The molecule has 0 fully saturated rings. The van der Waals surface area contributed by atoms with Gasteiger partial charge in [0.25, 0.3) is 0 Å². The second kappa shape index (κ2) is 6.51. The molecule has 0 unspecified atom stereocenters. The van der Waals surface area contributed by atoms with Crippen LogP contribution in [-0.4, -0.2) is 34.4 Å². The quantitative estimate of drug-likeness (QED) is 0.312. The van der Waals surface area contributed by atoms with Crippen LogP contribution in [0.3, 0.4) is 0 Å². The Bertz CT molecular complexity index is 291. The van der Waals surface area contributed by atoms with Crippen molar-refractivity contribution in [2.45, 2.75) is 46.2 Å². The number of carbonyl (C=O) groups is 1. The Morgan fingerprint density at radius 3 is 1.72 bits per heavy atom. The zero-order valence-electron chi connectivity index (χ0n) is 12.5. The lowest BCUT2D eigenvalue weighted by atomic mass is 10.5. The van der Waals surface area contributed by atoms with Crippen LogP contribution in [-0.2, 0) is 18.6 Å². The number of rotatable bonds is 7. The van der Waals surface area contributed by atoms with E-state index in [4.69, 9.17) is 13.8 Å². The molecule has 0 bridgehead atoms. The van der Waals surface area contributed by atoms with E-state index in [9.17, 15) is 4.79 Å². The number of carbonyl (C=O) groups excluding carboxylic acids is 1. The van der Waals surface area contributed by atoms with Crippen LogP contribution < -0.4 is 0 Å². The summed E-state index contributed by atoms with van der Waals surface area (Å²) in [4.78, 5) is 11.7. The SMILES string of the molecule is C=C(C(=O)OCC)N(O[Si](C)(C)C)O[Si](C)(C)C. The molecule has 0 aliphatic carbocycles. The fourth-order valence-corrected chi connectivity index (χ4v) is 2.28. The summed E-state index contributed by atoms with van der Waals surface area (Å²) in [5.74, 6) is -0.519. The van der Waals surface area contributed by atoms with E-state index in [1.54, 1.807) is 6.92 Å². The standard InChI is InChI=1S/C11H25NO4Si2/c1-9-14-11(13)10(2)12(15-17(3,4)5)16-18(6,7)8/h2,9H2,1,3-8H3. The van der Waals surface area contributed by atoms with Gasteiger partial charge < -0.3 is 4.74 Å². The Morgan fingerprint density at radius 1 is 1.06 bits per heavy atom. The zero-order chi connectivity index (χ0) is 14.6. The summed E-state index contributed by atoms with van der Waals surface area (Å²) in [7, 11) is -3.79. The van der Waals surface area contributed by atoms with Gasteiger partial charge in [0.1, 0.15) is 0 Å². The second-order valence-corrected chi connectivity index (χ2v) is 14.6. The van der Waals surface area contributed by atoms with Crippen molar-refractivity contribution in [3.63, 3.8) is 0 Å². The third-order valence-electron chi connectivity index (χ3n) is 1.44. The Balaban J connectivity index is 4.86. The van der Waals surface area contributed by atoms with Crippen molar-refractivity contribution in [1.29, 1.82) is 0 Å². The van der Waals surface area contributed by atoms with Crippen molar-refractivity contribution in [1.82, 2.24) is 5.23 Å². The molecule has 106 valence electrons. The average Bonchev–Trinajstić information content (AvgIpc) is 2.11. The largest absolute Gasteiger partial charge is 0.461 e. The Kier molecular flexibility index (Phi) is 6.28. The molecule has 0 spiro atoms. The summed E-state index contributed by atoms with van der Waals surface area (Å²) in [6.07, 6.45) is 0. The topological polar surface area (TPSA) is 48.0 Å². The number of hydroxylamine groups is 2. The second-order valence-electron chi connectivity index (χ2n) is 5.83. The molecule has 5 nitrogen and oxygen atoms in total. The molecule has 0 aromatic heterocycles. The van der Waals surface area contributed by atoms with Crippen LogP contribution in [0.1, 0.15) is 6.92 Å². The van der Waals surface area contributed by atoms with Crippen molar-refractivity contribution < 1.29 is 18.6 Å². The van der Waals surface area contributed by atoms with Crippen molar-refractivity contribution in [2.24, 2.45) is 0 Å². The van der Waals surface area contributed by atoms with E-state index >= 15 is 0 Å². The van der Waals surface area contributed by atoms with E-state index in [0.29, 0.717) is 6.61 Å². The number of hydrogen-bond acceptors (Lipinski definition) is 5. The number of nitrogens with zero attached hydrogens (tertiary/aromatic N) is 1. The maximum Gasteiger partial charge on any atom is 0.359 e. The highest BCUT2D eigenvalue weighted by Crippen LogP contribution is 2.18. The van der Waals surface area contributed by atoms with Crippen LogP contribution in [0.25, 0.3) is 0 Å². The lowest BCUT2D eigenvalue weighted by molar-refractivity contribution is -0.245. The minimum Gasteiger partial charge on any atom is -0.461 e. The first-order valence-electron chi connectivity index (χ1n) is 6.00. The molecule has 0 rings (SSSR count). The van der Waals surface area contributed by atoms with Crippen LogP contribution in [0.4, 0.5) is 0 Å². The average molecular weight is 291 g/mol. The van der Waals surface area contributed by atoms with E-state index < -0.39 is 22.6 Å². The number of ether oxygens (including phenoxy) is 1. The first kappa shape index (κ1) is 17.4. The molecule has 0 saturated heterocycles. The van der Waals surface area contributed by atoms with Gasteiger partial charge in [0, 0.05) is 0 Å². The van der Waals surface area contributed by atoms with Gasteiger partial charge in [-0.05, 0) is 46.2 Å². The number of esters is 1. The lowest BCUT2D eigenvalue weighted by Gasteiger charge is -2.34. The van der Waals surface area contributed by atoms with E-state index in [1.165, 1.54) is 0 Å². The van der Waals surface area contributed by atoms with E-state index in [-0.39, 0.29) is 5.70 Å². The highest BCUT2D eigenvalue weighted by molar-refractivity contribution is 6.70. The zero-order valence-corrected chi connectivity index (χ0v) is 14.5. The van der Waals surface area contributed by atoms with Crippen LogP contribution >= 0.6 is 0 Å². The minimum atomic E-state index is -1.90. The Morgan fingerprint density at radius 2 is 1.44 bits per heavy atom. The van der Waals surface area contributed by atoms with Gasteiger partial charge in [-0.3, -0.25) is 9.05 Å². The first-order valence-corrected chi connectivity index (χ1v) is 12.8. The summed E-state index contributed by atoms with van der Waals surface area (Å²) in [5.41, 5.74) is 0.0849. The Hall–Kier alpha value is -0.636. The Labute approximate surface area is 112 Å². The van der Waals surface area contributed by atoms with Gasteiger partial charge in [0.2, 0.25) is 16.6 Å². The van der Waals surface area contributed by atoms with Crippen molar-refractivity contribution in [3.8, 4) is 0 Å². The summed E-state index contributed by atoms with van der Waals surface area (Å²) >= 11 is 0. The molecular weight excluding hydrogens is 266 g/mol. The fraction of sp³-hybridized carbons (Fsp3) is 0.727. The minimum absolute atomic E-state index is 0.0849. The number of hydrogen-bond donors (Lipinski definition) is 0. The summed E-state index contributed by atoms with van der Waals surface area (Å²) in [5, 5.41) is 1.16. The van der Waals surface area contributed by atoms with Gasteiger partial charge in [-0.25, -0.2) is 4.79 Å². The van der Waals surface area contributed by atoms with Gasteiger partial charge in [-0.1, -0.05) is 6.58 Å². The van der Waals surface area contributed by atoms with Crippen molar-refractivity contribution in [2.75, 3.05) is 6.61 Å². The predicted octanol–water partition coefficient (Wildman–Crippen LogP) is 2.90. The van der Waals surface area contributed by atoms with Gasteiger partial charge >= 0.3 is 5.97 Å². The third-order valence-corrected chi connectivity index (χ3v) is 2.87. The smallest absolute Gasteiger partial charge is 0.359 e. The van der Waals surface area contributed by atoms with Crippen molar-refractivity contribution >= 4 is 22.6 Å². The molecule has 0 heterocycles. The molecule has 0 aliphatic heterocycles. The molecule has 0 aromatic rings. The van der Waals surface area contributed by atoms with Crippen molar-refractivity contribution in [3.05, 3.63) is 12.3 Å². The predicted molar refractivity (Wildman–Crippen MR) is 76.5 cm³/mol. The molecule has 0 radical (unpaired) electrons. The first-order chi connectivity index (χ1) is 7.96. The van der Waals surface area contributed by atoms with Crippen LogP contribution in [0.15, 0.2) is 12.3 Å². The molecule has 0 N–H and O–H groups in total. The summed E-state index contributed by atoms with van der Waals surface area (Å²) in [6.45, 7) is 17.8. The molecule has 0 saturated carbocycles. The van der Waals surface area contributed by atoms with Crippen LogP contribution in [0.5, 0.6) is 0 Å².